The zero-order chi connectivity index (χ0) is 14.5. The van der Waals surface area contributed by atoms with Gasteiger partial charge in [-0.05, 0) is 0 Å². The van der Waals surface area contributed by atoms with Crippen molar-refractivity contribution in [1.29, 1.82) is 0 Å². The number of halogens is 2. The van der Waals surface area contributed by atoms with E-state index in [0.717, 1.165) is 0 Å². The van der Waals surface area contributed by atoms with Crippen LogP contribution in [0.15, 0.2) is 42.5 Å². The van der Waals surface area contributed by atoms with Crippen LogP contribution >= 0.6 is 24.8 Å². The molecule has 0 saturated heterocycles. The maximum atomic E-state index is 2.66. The molecule has 0 nitrogen and oxygen atoms in total. The maximum Gasteiger partial charge on any atom is -0.147 e. The molecule has 0 aromatic carbocycles. The number of hydrogen-bond acceptors (Lipinski definition) is 0. The average Bonchev–Trinajstić information content (AvgIpc) is 3.19. The van der Waals surface area contributed by atoms with Gasteiger partial charge in [0.25, 0.3) is 0 Å². The summed E-state index contributed by atoms with van der Waals surface area (Å²) in [6.07, 6.45) is 26.3. The van der Waals surface area contributed by atoms with E-state index in [1.807, 2.05) is 3.28 Å². The Bertz CT molecular complexity index is 494. The molecular formula is C20H30Cl2Zr. The second-order valence-corrected chi connectivity index (χ2v) is 10.7. The second-order valence-electron chi connectivity index (χ2n) is 6.93. The first-order valence-electron chi connectivity index (χ1n) is 8.86. The van der Waals surface area contributed by atoms with Crippen LogP contribution in [0.5, 0.6) is 0 Å². The number of unbranched alkanes of at least 4 members (excludes halogenated alkanes) is 1. The van der Waals surface area contributed by atoms with E-state index in [1.165, 1.54) is 64.2 Å². The van der Waals surface area contributed by atoms with Crippen LogP contribution in [0.4, 0.5) is 0 Å². The monoisotopic (exact) mass is 430 g/mol. The Balaban J connectivity index is 0.00000132. The molecule has 0 atom stereocenters. The van der Waals surface area contributed by atoms with E-state index in [1.54, 1.807) is 8.85 Å². The average molecular weight is 433 g/mol. The van der Waals surface area contributed by atoms with Crippen molar-refractivity contribution >= 4 is 24.8 Å². The number of allylic oxidation sites excluding steroid dienone is 8. The summed E-state index contributed by atoms with van der Waals surface area (Å²) < 4.78 is 3.59. The van der Waals surface area contributed by atoms with Crippen LogP contribution in [0.2, 0.25) is 0 Å². The second kappa shape index (κ2) is 10.4. The molecule has 0 unspecified atom stereocenters. The summed E-state index contributed by atoms with van der Waals surface area (Å²) in [5, 5.41) is 0. The van der Waals surface area contributed by atoms with Gasteiger partial charge in [0.05, 0.1) is 0 Å². The smallest absolute Gasteiger partial charge is 0.147 e. The van der Waals surface area contributed by atoms with Gasteiger partial charge in [-0.15, -0.1) is 24.8 Å². The Morgan fingerprint density at radius 1 is 1.04 bits per heavy atom. The van der Waals surface area contributed by atoms with Crippen molar-refractivity contribution in [2.45, 2.75) is 71.1 Å². The SMILES string of the molecule is CCCCC1(C2=CC[C]([Zr][C]3=CC=CC3)=C2)CCCCC1.Cl.Cl. The van der Waals surface area contributed by atoms with Crippen LogP contribution in [0.3, 0.4) is 0 Å². The van der Waals surface area contributed by atoms with E-state index in [9.17, 15) is 0 Å². The molecule has 0 N–H and O–H groups in total. The summed E-state index contributed by atoms with van der Waals surface area (Å²) in [5.41, 5.74) is 2.32. The minimum atomic E-state index is -0.442. The fourth-order valence-corrected chi connectivity index (χ4v) is 7.21. The van der Waals surface area contributed by atoms with Crippen molar-refractivity contribution < 1.29 is 23.2 Å². The Labute approximate surface area is 166 Å². The molecule has 128 valence electrons. The molecule has 0 heterocycles. The minimum absolute atomic E-state index is 0. The van der Waals surface area contributed by atoms with Crippen LogP contribution in [0.1, 0.15) is 71.1 Å². The summed E-state index contributed by atoms with van der Waals surface area (Å²) in [6, 6.07) is 0. The Morgan fingerprint density at radius 3 is 2.48 bits per heavy atom. The van der Waals surface area contributed by atoms with Crippen LogP contribution in [0, 0.1) is 5.41 Å². The van der Waals surface area contributed by atoms with E-state index < -0.39 is 23.2 Å². The van der Waals surface area contributed by atoms with E-state index in [2.05, 4.69) is 37.3 Å². The van der Waals surface area contributed by atoms with E-state index in [-0.39, 0.29) is 24.8 Å². The molecule has 3 aliphatic rings. The third-order valence-electron chi connectivity index (χ3n) is 5.40. The van der Waals surface area contributed by atoms with E-state index >= 15 is 0 Å². The topological polar surface area (TPSA) is 0 Å². The van der Waals surface area contributed by atoms with Gasteiger partial charge in [-0.1, -0.05) is 0 Å². The summed E-state index contributed by atoms with van der Waals surface area (Å²) in [6.45, 7) is 2.34. The molecule has 0 radical (unpaired) electrons. The van der Waals surface area contributed by atoms with Gasteiger partial charge in [-0.3, -0.25) is 0 Å². The quantitative estimate of drug-likeness (QED) is 0.419. The molecule has 0 spiro atoms. The standard InChI is InChI=1S/C15H23.C5H5.2ClH.Zr/c1-2-3-11-15(12-7-4-8-13-15)14-9-5-6-10-14;1-2-4-5-3-1;;;/h9-10H,2-5,7-8,11-13H2,1H3;1-3H,4H2;2*1H;. The molecule has 1 fully saturated rings. The van der Waals surface area contributed by atoms with Crippen molar-refractivity contribution in [3.63, 3.8) is 0 Å². The van der Waals surface area contributed by atoms with Crippen molar-refractivity contribution in [2.75, 3.05) is 0 Å². The maximum absolute atomic E-state index is 2.66. The molecule has 0 bridgehead atoms. The van der Waals surface area contributed by atoms with E-state index in [0.29, 0.717) is 5.41 Å². The predicted octanol–water partition coefficient (Wildman–Crippen LogP) is 7.11. The van der Waals surface area contributed by atoms with Crippen LogP contribution < -0.4 is 0 Å². The van der Waals surface area contributed by atoms with Gasteiger partial charge in [0.1, 0.15) is 0 Å². The zero-order valence-electron chi connectivity index (χ0n) is 14.3. The van der Waals surface area contributed by atoms with Gasteiger partial charge in [0.15, 0.2) is 0 Å². The molecule has 0 aliphatic heterocycles. The summed E-state index contributed by atoms with van der Waals surface area (Å²) in [5.74, 6) is 0. The molecule has 0 amide bonds. The van der Waals surface area contributed by atoms with Gasteiger partial charge in [0.2, 0.25) is 0 Å². The number of rotatable bonds is 6. The van der Waals surface area contributed by atoms with Crippen molar-refractivity contribution in [3.05, 3.63) is 42.5 Å². The fraction of sp³-hybridized carbons (Fsp3) is 0.600. The molecule has 3 heteroatoms. The summed E-state index contributed by atoms with van der Waals surface area (Å²) >= 11 is -0.442. The first-order chi connectivity index (χ1) is 10.3. The fourth-order valence-electron chi connectivity index (χ4n) is 4.16. The van der Waals surface area contributed by atoms with Gasteiger partial charge >= 0.3 is 142 Å². The van der Waals surface area contributed by atoms with Crippen LogP contribution in [-0.2, 0) is 23.2 Å². The minimum Gasteiger partial charge on any atom is -0.147 e. The molecule has 23 heavy (non-hydrogen) atoms. The summed E-state index contributed by atoms with van der Waals surface area (Å²) in [4.78, 5) is 0. The van der Waals surface area contributed by atoms with Crippen molar-refractivity contribution in [2.24, 2.45) is 5.41 Å². The first-order valence-corrected chi connectivity index (χ1v) is 11.3. The Hall–Kier alpha value is 0.423. The van der Waals surface area contributed by atoms with Crippen LogP contribution in [0.25, 0.3) is 0 Å². The molecular weight excluding hydrogens is 402 g/mol. The largest absolute Gasteiger partial charge is 0.147 e. The van der Waals surface area contributed by atoms with Gasteiger partial charge in [0, 0.05) is 0 Å². The molecule has 3 rings (SSSR count). The van der Waals surface area contributed by atoms with Crippen molar-refractivity contribution in [1.82, 2.24) is 0 Å². The Kier molecular flexibility index (Phi) is 9.73. The third-order valence-corrected chi connectivity index (χ3v) is 8.74. The van der Waals surface area contributed by atoms with Gasteiger partial charge < -0.3 is 0 Å². The predicted molar refractivity (Wildman–Crippen MR) is 102 cm³/mol. The Morgan fingerprint density at radius 2 is 1.83 bits per heavy atom. The summed E-state index contributed by atoms with van der Waals surface area (Å²) in [7, 11) is 0. The molecule has 3 aliphatic carbocycles. The van der Waals surface area contributed by atoms with Crippen molar-refractivity contribution in [3.8, 4) is 0 Å². The zero-order valence-corrected chi connectivity index (χ0v) is 18.4. The molecule has 1 saturated carbocycles. The normalized spacial score (nSPS) is 21.7. The first kappa shape index (κ1) is 21.5. The number of hydrogen-bond donors (Lipinski definition) is 0. The third kappa shape index (κ3) is 5.45. The van der Waals surface area contributed by atoms with Crippen LogP contribution in [-0.4, -0.2) is 0 Å². The molecule has 0 aromatic heterocycles. The van der Waals surface area contributed by atoms with Gasteiger partial charge in [-0.2, -0.15) is 0 Å². The van der Waals surface area contributed by atoms with Gasteiger partial charge in [-0.25, -0.2) is 0 Å². The molecule has 0 aromatic rings. The van der Waals surface area contributed by atoms with E-state index in [4.69, 9.17) is 0 Å².